The molecule has 1 spiro atoms. The van der Waals surface area contributed by atoms with E-state index in [0.717, 1.165) is 21.4 Å². The summed E-state index contributed by atoms with van der Waals surface area (Å²) in [4.78, 5) is 27.1. The first-order chi connectivity index (χ1) is 16.7. The van der Waals surface area contributed by atoms with Crippen LogP contribution in [0.1, 0.15) is 27.1 Å². The molecule has 1 N–H and O–H groups in total. The van der Waals surface area contributed by atoms with E-state index in [9.17, 15) is 9.59 Å². The first-order valence-corrected chi connectivity index (χ1v) is 13.1. The summed E-state index contributed by atoms with van der Waals surface area (Å²) in [5, 5.41) is 8.25. The smallest absolute Gasteiger partial charge is 0.198 e. The molecule has 0 radical (unpaired) electrons. The molecule has 4 aromatic carbocycles. The molecule has 164 valence electrons. The summed E-state index contributed by atoms with van der Waals surface area (Å²) in [7, 11) is -2.44. The van der Waals surface area contributed by atoms with Crippen LogP contribution in [0.4, 0.5) is 0 Å². The monoisotopic (exact) mass is 461 g/mol. The number of carbonyl (C=O) groups is 2. The summed E-state index contributed by atoms with van der Waals surface area (Å²) < 4.78 is 0. The summed E-state index contributed by atoms with van der Waals surface area (Å²) in [5.41, 5.74) is 3.48. The van der Waals surface area contributed by atoms with E-state index in [1.807, 2.05) is 54.6 Å². The van der Waals surface area contributed by atoms with E-state index >= 15 is 0 Å². The predicted octanol–water partition coefficient (Wildman–Crippen LogP) is 4.11. The van der Waals surface area contributed by atoms with Crippen LogP contribution in [0.25, 0.3) is 0 Å². The number of ketones is 2. The summed E-state index contributed by atoms with van der Waals surface area (Å²) >= 11 is 0. The average Bonchev–Trinajstić information content (AvgIpc) is 3.44. The van der Waals surface area contributed by atoms with E-state index < -0.39 is 12.8 Å². The number of rotatable bonds is 4. The summed E-state index contributed by atoms with van der Waals surface area (Å²) in [6.07, 6.45) is 0.242. The molecular formula is C29H22N2O2P+. The number of benzene rings is 4. The van der Waals surface area contributed by atoms with Crippen molar-refractivity contribution < 1.29 is 9.59 Å². The Balaban J connectivity index is 1.58. The summed E-state index contributed by atoms with van der Waals surface area (Å²) in [6, 6.07) is 38.1. The topological polar surface area (TPSA) is 58.5 Å². The van der Waals surface area contributed by atoms with Gasteiger partial charge in [-0.3, -0.25) is 15.0 Å². The molecule has 0 saturated heterocycles. The minimum atomic E-state index is -2.44. The van der Waals surface area contributed by atoms with E-state index in [-0.39, 0.29) is 18.0 Å². The third-order valence-corrected chi connectivity index (χ3v) is 11.1. The predicted molar refractivity (Wildman–Crippen MR) is 138 cm³/mol. The Bertz CT molecular complexity index is 1300. The van der Waals surface area contributed by atoms with Crippen LogP contribution in [0.3, 0.4) is 0 Å². The second-order valence-electron chi connectivity index (χ2n) is 8.60. The zero-order chi connectivity index (χ0) is 23.2. The van der Waals surface area contributed by atoms with Crippen molar-refractivity contribution in [2.75, 3.05) is 0 Å². The Labute approximate surface area is 198 Å². The maximum Gasteiger partial charge on any atom is 0.198 e. The van der Waals surface area contributed by atoms with Gasteiger partial charge in [0.25, 0.3) is 0 Å². The minimum absolute atomic E-state index is 0.195. The SMILES string of the molecule is O=C1c2ccccc2C(=O)C12CC([P+](c1ccccc1)(c1ccccc1)c1ccccc1)=NN2. The van der Waals surface area contributed by atoms with Crippen molar-refractivity contribution in [1.82, 2.24) is 5.43 Å². The number of nitrogens with zero attached hydrogens (tertiary/aromatic N) is 1. The van der Waals surface area contributed by atoms with Gasteiger partial charge in [-0.05, 0) is 36.4 Å². The van der Waals surface area contributed by atoms with Gasteiger partial charge in [-0.2, -0.15) is 0 Å². The lowest BCUT2D eigenvalue weighted by Crippen LogP contribution is -2.50. The molecule has 5 heteroatoms. The summed E-state index contributed by atoms with van der Waals surface area (Å²) in [5.74, 6) is -0.390. The van der Waals surface area contributed by atoms with Crippen LogP contribution in [0.15, 0.2) is 120 Å². The van der Waals surface area contributed by atoms with Crippen molar-refractivity contribution >= 4 is 40.2 Å². The van der Waals surface area contributed by atoms with Gasteiger partial charge >= 0.3 is 0 Å². The number of nitrogens with one attached hydrogen (secondary N) is 1. The third-order valence-electron chi connectivity index (χ3n) is 6.81. The fraction of sp³-hybridized carbons (Fsp3) is 0.0690. The minimum Gasteiger partial charge on any atom is -0.291 e. The first-order valence-electron chi connectivity index (χ1n) is 11.3. The number of hydrogen-bond acceptors (Lipinski definition) is 4. The van der Waals surface area contributed by atoms with Gasteiger partial charge in [0.2, 0.25) is 0 Å². The van der Waals surface area contributed by atoms with Crippen molar-refractivity contribution in [3.63, 3.8) is 0 Å². The highest BCUT2D eigenvalue weighted by Crippen LogP contribution is 2.60. The van der Waals surface area contributed by atoms with Crippen LogP contribution in [0, 0.1) is 0 Å². The Morgan fingerprint density at radius 1 is 0.588 bits per heavy atom. The molecule has 4 aromatic rings. The molecule has 1 heterocycles. The van der Waals surface area contributed by atoms with Crippen molar-refractivity contribution in [1.29, 1.82) is 0 Å². The normalized spacial score (nSPS) is 16.3. The lowest BCUT2D eigenvalue weighted by molar-refractivity contribution is 0.0777. The zero-order valence-electron chi connectivity index (χ0n) is 18.4. The third kappa shape index (κ3) is 2.79. The van der Waals surface area contributed by atoms with E-state index in [1.54, 1.807) is 24.3 Å². The number of Topliss-reactive ketones (excluding diaryl/α,β-unsaturated/α-hetero) is 2. The van der Waals surface area contributed by atoms with Crippen LogP contribution in [-0.4, -0.2) is 22.6 Å². The van der Waals surface area contributed by atoms with E-state index in [1.165, 1.54) is 0 Å². The molecular weight excluding hydrogens is 439 g/mol. The number of hydrogen-bond donors (Lipinski definition) is 1. The lowest BCUT2D eigenvalue weighted by Gasteiger charge is -2.27. The fourth-order valence-corrected chi connectivity index (χ4v) is 9.54. The molecule has 0 unspecified atom stereocenters. The van der Waals surface area contributed by atoms with Gasteiger partial charge in [0.1, 0.15) is 15.9 Å². The summed E-state index contributed by atoms with van der Waals surface area (Å²) in [6.45, 7) is 0. The fourth-order valence-electron chi connectivity index (χ4n) is 5.22. The van der Waals surface area contributed by atoms with Crippen LogP contribution in [-0.2, 0) is 0 Å². The standard InChI is InChI=1S/C29H22N2O2P/c32-27-24-18-10-11-19-25(24)28(33)29(27)20-26(30-31-29)34(21-12-4-1-5-13-21,22-14-6-2-7-15-22)23-16-8-3-9-17-23/h1-19,31H,20H2/q+1. The van der Waals surface area contributed by atoms with Gasteiger partial charge in [-0.1, -0.05) is 78.9 Å². The molecule has 1 aliphatic carbocycles. The molecule has 2 aliphatic rings. The molecule has 4 nitrogen and oxygen atoms in total. The highest BCUT2D eigenvalue weighted by atomic mass is 31.2. The first kappa shape index (κ1) is 20.7. The molecule has 0 fully saturated rings. The van der Waals surface area contributed by atoms with Crippen LogP contribution in [0.2, 0.25) is 0 Å². The quantitative estimate of drug-likeness (QED) is 0.368. The Morgan fingerprint density at radius 2 is 0.971 bits per heavy atom. The Hall–Kier alpha value is -3.88. The molecule has 0 saturated carbocycles. The van der Waals surface area contributed by atoms with Crippen LogP contribution in [0.5, 0.6) is 0 Å². The number of fused-ring (bicyclic) bond motifs is 1. The van der Waals surface area contributed by atoms with Crippen LogP contribution < -0.4 is 21.3 Å². The largest absolute Gasteiger partial charge is 0.291 e. The maximum atomic E-state index is 13.6. The zero-order valence-corrected chi connectivity index (χ0v) is 19.3. The maximum absolute atomic E-state index is 13.6. The van der Waals surface area contributed by atoms with Crippen molar-refractivity contribution in [2.24, 2.45) is 5.10 Å². The Morgan fingerprint density at radius 3 is 1.38 bits per heavy atom. The van der Waals surface area contributed by atoms with Gasteiger partial charge in [-0.15, -0.1) is 5.10 Å². The molecule has 0 aromatic heterocycles. The molecule has 0 bridgehead atoms. The van der Waals surface area contributed by atoms with Gasteiger partial charge in [0.05, 0.1) is 6.42 Å². The van der Waals surface area contributed by atoms with Gasteiger partial charge < -0.3 is 0 Å². The van der Waals surface area contributed by atoms with E-state index in [2.05, 4.69) is 41.8 Å². The molecule has 1 aliphatic heterocycles. The van der Waals surface area contributed by atoms with Crippen LogP contribution >= 0.6 is 7.26 Å². The van der Waals surface area contributed by atoms with Gasteiger partial charge in [0, 0.05) is 11.1 Å². The van der Waals surface area contributed by atoms with Crippen molar-refractivity contribution in [2.45, 2.75) is 12.0 Å². The molecule has 0 atom stereocenters. The van der Waals surface area contributed by atoms with Gasteiger partial charge in [0.15, 0.2) is 29.8 Å². The van der Waals surface area contributed by atoms with Crippen molar-refractivity contribution in [3.8, 4) is 0 Å². The van der Waals surface area contributed by atoms with E-state index in [4.69, 9.17) is 5.10 Å². The lowest BCUT2D eigenvalue weighted by atomic mass is 9.91. The molecule has 34 heavy (non-hydrogen) atoms. The number of hydrazone groups is 1. The second kappa shape index (κ2) is 7.86. The van der Waals surface area contributed by atoms with Crippen molar-refractivity contribution in [3.05, 3.63) is 126 Å². The second-order valence-corrected chi connectivity index (χ2v) is 12.0. The Kier molecular flexibility index (Phi) is 4.79. The highest BCUT2D eigenvalue weighted by Gasteiger charge is 2.63. The van der Waals surface area contributed by atoms with E-state index in [0.29, 0.717) is 11.1 Å². The molecule has 6 rings (SSSR count). The average molecular weight is 461 g/mol. The molecule has 0 amide bonds. The van der Waals surface area contributed by atoms with Gasteiger partial charge in [-0.25, -0.2) is 0 Å². The highest BCUT2D eigenvalue weighted by molar-refractivity contribution is 8.08. The number of carbonyl (C=O) groups excluding carboxylic acids is 2.